The predicted octanol–water partition coefficient (Wildman–Crippen LogP) is 0.993. The molecule has 0 aromatic heterocycles. The van der Waals surface area contributed by atoms with Gasteiger partial charge in [0.1, 0.15) is 0 Å². The molecule has 0 heterocycles. The minimum atomic E-state index is -0.563. The molecule has 17 heavy (non-hydrogen) atoms. The molecule has 0 atom stereocenters. The van der Waals surface area contributed by atoms with Crippen LogP contribution in [0.25, 0.3) is 0 Å². The zero-order chi connectivity index (χ0) is 12.8. The van der Waals surface area contributed by atoms with Gasteiger partial charge in [-0.25, -0.2) is 4.79 Å². The van der Waals surface area contributed by atoms with Gasteiger partial charge in [0.2, 0.25) is 0 Å². The van der Waals surface area contributed by atoms with Gasteiger partial charge in [-0.15, -0.1) is 0 Å². The molecule has 0 spiro atoms. The minimum Gasteiger partial charge on any atom is -0.352 e. The van der Waals surface area contributed by atoms with Crippen LogP contribution in [0.5, 0.6) is 0 Å². The second-order valence-corrected chi connectivity index (χ2v) is 4.04. The number of primary amides is 1. The van der Waals surface area contributed by atoms with Crippen LogP contribution in [0.2, 0.25) is 0 Å². The van der Waals surface area contributed by atoms with Crippen LogP contribution >= 0.6 is 0 Å². The Labute approximate surface area is 100 Å². The van der Waals surface area contributed by atoms with Crippen LogP contribution in [-0.2, 0) is 6.54 Å². The fourth-order valence-electron chi connectivity index (χ4n) is 1.31. The highest BCUT2D eigenvalue weighted by Crippen LogP contribution is 2.04. The molecule has 0 saturated carbocycles. The summed E-state index contributed by atoms with van der Waals surface area (Å²) < 4.78 is 0. The second kappa shape index (κ2) is 5.89. The molecule has 5 nitrogen and oxygen atoms in total. The van der Waals surface area contributed by atoms with Crippen molar-refractivity contribution in [2.75, 3.05) is 0 Å². The van der Waals surface area contributed by atoms with Gasteiger partial charge in [-0.2, -0.15) is 0 Å². The lowest BCUT2D eigenvalue weighted by molar-refractivity contribution is 0.0943. The molecule has 3 amide bonds. The van der Waals surface area contributed by atoms with Gasteiger partial charge in [-0.05, 0) is 31.5 Å². The first-order valence-electron chi connectivity index (χ1n) is 5.42. The van der Waals surface area contributed by atoms with E-state index in [9.17, 15) is 9.59 Å². The topological polar surface area (TPSA) is 84.2 Å². The molecule has 0 aliphatic rings. The summed E-state index contributed by atoms with van der Waals surface area (Å²) in [5, 5.41) is 5.28. The van der Waals surface area contributed by atoms with Crippen molar-refractivity contribution in [3.63, 3.8) is 0 Å². The molecule has 0 radical (unpaired) electrons. The number of benzene rings is 1. The molecule has 92 valence electrons. The molecular formula is C12H17N3O2. The van der Waals surface area contributed by atoms with Crippen molar-refractivity contribution >= 4 is 11.9 Å². The van der Waals surface area contributed by atoms with E-state index in [-0.39, 0.29) is 11.9 Å². The van der Waals surface area contributed by atoms with E-state index in [1.807, 2.05) is 13.8 Å². The summed E-state index contributed by atoms with van der Waals surface area (Å²) in [5.74, 6) is -0.102. The average Bonchev–Trinajstić information content (AvgIpc) is 2.26. The molecule has 5 heteroatoms. The normalized spacial score (nSPS) is 10.1. The van der Waals surface area contributed by atoms with Crippen molar-refractivity contribution in [2.45, 2.75) is 26.4 Å². The largest absolute Gasteiger partial charge is 0.352 e. The van der Waals surface area contributed by atoms with Crippen LogP contribution in [0.3, 0.4) is 0 Å². The summed E-state index contributed by atoms with van der Waals surface area (Å²) in [5.41, 5.74) is 6.45. The number of rotatable bonds is 4. The summed E-state index contributed by atoms with van der Waals surface area (Å²) in [7, 11) is 0. The van der Waals surface area contributed by atoms with Crippen molar-refractivity contribution < 1.29 is 9.59 Å². The van der Waals surface area contributed by atoms with Gasteiger partial charge < -0.3 is 16.4 Å². The zero-order valence-corrected chi connectivity index (χ0v) is 9.99. The van der Waals surface area contributed by atoms with E-state index in [0.717, 1.165) is 5.56 Å². The molecule has 4 N–H and O–H groups in total. The van der Waals surface area contributed by atoms with Crippen LogP contribution in [0.4, 0.5) is 4.79 Å². The van der Waals surface area contributed by atoms with Gasteiger partial charge in [-0.3, -0.25) is 4.79 Å². The van der Waals surface area contributed by atoms with Gasteiger partial charge in [0.05, 0.1) is 0 Å². The fraction of sp³-hybridized carbons (Fsp3) is 0.333. The minimum absolute atomic E-state index is 0.102. The Morgan fingerprint density at radius 1 is 1.24 bits per heavy atom. The van der Waals surface area contributed by atoms with E-state index in [0.29, 0.717) is 12.1 Å². The lowest BCUT2D eigenvalue weighted by Gasteiger charge is -2.08. The Balaban J connectivity index is 2.61. The smallest absolute Gasteiger partial charge is 0.312 e. The predicted molar refractivity (Wildman–Crippen MR) is 65.5 cm³/mol. The Kier molecular flexibility index (Phi) is 4.51. The SMILES string of the molecule is CC(C)NC(=O)c1ccc(CNC(N)=O)cc1. The first-order chi connectivity index (χ1) is 7.99. The van der Waals surface area contributed by atoms with Crippen LogP contribution in [-0.4, -0.2) is 18.0 Å². The standard InChI is InChI=1S/C12H17N3O2/c1-8(2)15-11(16)10-5-3-9(4-6-10)7-14-12(13)17/h3-6,8H,7H2,1-2H3,(H,15,16)(H3,13,14,17). The summed E-state index contributed by atoms with van der Waals surface area (Å²) in [6.07, 6.45) is 0. The zero-order valence-electron chi connectivity index (χ0n) is 9.99. The third-order valence-corrected chi connectivity index (χ3v) is 2.10. The van der Waals surface area contributed by atoms with Crippen LogP contribution < -0.4 is 16.4 Å². The number of hydrogen-bond acceptors (Lipinski definition) is 2. The third kappa shape index (κ3) is 4.55. The van der Waals surface area contributed by atoms with Crippen LogP contribution in [0.15, 0.2) is 24.3 Å². The molecule has 0 saturated heterocycles. The fourth-order valence-corrected chi connectivity index (χ4v) is 1.31. The summed E-state index contributed by atoms with van der Waals surface area (Å²) in [6.45, 7) is 4.17. The molecule has 0 bridgehead atoms. The van der Waals surface area contributed by atoms with Crippen molar-refractivity contribution in [1.29, 1.82) is 0 Å². The van der Waals surface area contributed by atoms with Crippen LogP contribution in [0.1, 0.15) is 29.8 Å². The van der Waals surface area contributed by atoms with Crippen LogP contribution in [0, 0.1) is 0 Å². The third-order valence-electron chi connectivity index (χ3n) is 2.10. The van der Waals surface area contributed by atoms with E-state index in [2.05, 4.69) is 10.6 Å². The Morgan fingerprint density at radius 2 is 1.82 bits per heavy atom. The first-order valence-corrected chi connectivity index (χ1v) is 5.42. The summed E-state index contributed by atoms with van der Waals surface area (Å²) >= 11 is 0. The van der Waals surface area contributed by atoms with E-state index in [1.54, 1.807) is 24.3 Å². The van der Waals surface area contributed by atoms with Gasteiger partial charge in [0, 0.05) is 18.2 Å². The van der Waals surface area contributed by atoms with Gasteiger partial charge in [0.25, 0.3) is 5.91 Å². The van der Waals surface area contributed by atoms with E-state index in [1.165, 1.54) is 0 Å². The number of nitrogens with one attached hydrogen (secondary N) is 2. The molecule has 1 rings (SSSR count). The molecule has 0 fully saturated rings. The van der Waals surface area contributed by atoms with Crippen molar-refractivity contribution in [1.82, 2.24) is 10.6 Å². The van der Waals surface area contributed by atoms with E-state index >= 15 is 0 Å². The Hall–Kier alpha value is -2.04. The van der Waals surface area contributed by atoms with Gasteiger partial charge in [0.15, 0.2) is 0 Å². The summed E-state index contributed by atoms with van der Waals surface area (Å²) in [6, 6.07) is 6.55. The quantitative estimate of drug-likeness (QED) is 0.727. The molecule has 1 aromatic rings. The maximum atomic E-state index is 11.6. The average molecular weight is 235 g/mol. The highest BCUT2D eigenvalue weighted by Gasteiger charge is 2.06. The van der Waals surface area contributed by atoms with Crippen molar-refractivity contribution in [2.24, 2.45) is 5.73 Å². The number of urea groups is 1. The number of carbonyl (C=O) groups excluding carboxylic acids is 2. The van der Waals surface area contributed by atoms with E-state index < -0.39 is 6.03 Å². The van der Waals surface area contributed by atoms with Crippen molar-refractivity contribution in [3.8, 4) is 0 Å². The highest BCUT2D eigenvalue weighted by molar-refractivity contribution is 5.94. The summed E-state index contributed by atoms with van der Waals surface area (Å²) in [4.78, 5) is 22.1. The number of nitrogens with two attached hydrogens (primary N) is 1. The first kappa shape index (κ1) is 13.0. The lowest BCUT2D eigenvalue weighted by Crippen LogP contribution is -2.30. The molecular weight excluding hydrogens is 218 g/mol. The number of carbonyl (C=O) groups is 2. The molecule has 1 aromatic carbocycles. The van der Waals surface area contributed by atoms with Gasteiger partial charge >= 0.3 is 6.03 Å². The maximum Gasteiger partial charge on any atom is 0.312 e. The molecule has 0 aliphatic heterocycles. The maximum absolute atomic E-state index is 11.6. The monoisotopic (exact) mass is 235 g/mol. The Morgan fingerprint density at radius 3 is 2.29 bits per heavy atom. The number of hydrogen-bond donors (Lipinski definition) is 3. The highest BCUT2D eigenvalue weighted by atomic mass is 16.2. The van der Waals surface area contributed by atoms with Gasteiger partial charge in [-0.1, -0.05) is 12.1 Å². The van der Waals surface area contributed by atoms with Crippen molar-refractivity contribution in [3.05, 3.63) is 35.4 Å². The molecule has 0 unspecified atom stereocenters. The Bertz CT molecular complexity index is 399. The lowest BCUT2D eigenvalue weighted by atomic mass is 10.1. The van der Waals surface area contributed by atoms with E-state index in [4.69, 9.17) is 5.73 Å². The second-order valence-electron chi connectivity index (χ2n) is 4.04. The number of amides is 3. The molecule has 0 aliphatic carbocycles.